The highest BCUT2D eigenvalue weighted by molar-refractivity contribution is 7.89. The number of amides is 1. The van der Waals surface area contributed by atoms with Crippen LogP contribution in [0.5, 0.6) is 0 Å². The van der Waals surface area contributed by atoms with Crippen LogP contribution >= 0.6 is 0 Å². The van der Waals surface area contributed by atoms with Gasteiger partial charge < -0.3 is 5.32 Å². The quantitative estimate of drug-likeness (QED) is 0.695. The van der Waals surface area contributed by atoms with E-state index >= 15 is 0 Å². The number of nitrogens with one attached hydrogen (secondary N) is 2. The second kappa shape index (κ2) is 9.52. The first-order valence-electron chi connectivity index (χ1n) is 10.1. The predicted octanol–water partition coefficient (Wildman–Crippen LogP) is 2.82. The predicted molar refractivity (Wildman–Crippen MR) is 114 cm³/mol. The molecule has 2 aromatic rings. The summed E-state index contributed by atoms with van der Waals surface area (Å²) in [6, 6.07) is 12.9. The Labute approximate surface area is 173 Å². The van der Waals surface area contributed by atoms with Crippen molar-refractivity contribution in [1.82, 2.24) is 14.9 Å². The summed E-state index contributed by atoms with van der Waals surface area (Å²) in [5, 5.41) is 2.89. The molecule has 1 heterocycles. The third-order valence-corrected chi connectivity index (χ3v) is 6.72. The molecule has 0 aliphatic carbocycles. The molecule has 0 saturated carbocycles. The van der Waals surface area contributed by atoms with Crippen LogP contribution in [0.25, 0.3) is 0 Å². The molecule has 1 saturated heterocycles. The highest BCUT2D eigenvalue weighted by Crippen LogP contribution is 2.16. The molecule has 0 aromatic heterocycles. The summed E-state index contributed by atoms with van der Waals surface area (Å²) in [4.78, 5) is 15.2. The van der Waals surface area contributed by atoms with E-state index < -0.39 is 10.0 Å². The van der Waals surface area contributed by atoms with E-state index in [9.17, 15) is 13.2 Å². The fourth-order valence-corrected chi connectivity index (χ4v) is 4.59. The van der Waals surface area contributed by atoms with E-state index in [4.69, 9.17) is 0 Å². The molecule has 2 aromatic carbocycles. The summed E-state index contributed by atoms with van der Waals surface area (Å²) in [6.07, 6.45) is 2.56. The number of benzene rings is 2. The Morgan fingerprint density at radius 1 is 1.03 bits per heavy atom. The van der Waals surface area contributed by atoms with Gasteiger partial charge in [-0.1, -0.05) is 37.3 Å². The zero-order valence-electron chi connectivity index (χ0n) is 17.1. The Hall–Kier alpha value is -2.22. The fraction of sp³-hybridized carbons (Fsp3) is 0.409. The molecule has 1 amide bonds. The lowest BCUT2D eigenvalue weighted by atomic mass is 10.1. The molecule has 2 N–H and O–H groups in total. The molecule has 29 heavy (non-hydrogen) atoms. The van der Waals surface area contributed by atoms with Crippen LogP contribution in [0.15, 0.2) is 47.4 Å². The number of rotatable bonds is 8. The van der Waals surface area contributed by atoms with E-state index in [1.807, 2.05) is 12.1 Å². The number of hydrogen-bond acceptors (Lipinski definition) is 4. The smallest absolute Gasteiger partial charge is 0.251 e. The first kappa shape index (κ1) is 21.5. The van der Waals surface area contributed by atoms with Crippen LogP contribution in [0.3, 0.4) is 0 Å². The second-order valence-corrected chi connectivity index (χ2v) is 9.23. The lowest BCUT2D eigenvalue weighted by Crippen LogP contribution is -2.26. The van der Waals surface area contributed by atoms with Crippen molar-refractivity contribution in [2.24, 2.45) is 0 Å². The summed E-state index contributed by atoms with van der Waals surface area (Å²) >= 11 is 0. The van der Waals surface area contributed by atoms with E-state index in [-0.39, 0.29) is 10.8 Å². The van der Waals surface area contributed by atoms with Crippen LogP contribution in [0.1, 0.15) is 46.8 Å². The molecular weight excluding hydrogens is 386 g/mol. The normalized spacial score (nSPS) is 14.8. The topological polar surface area (TPSA) is 78.5 Å². The number of likely N-dealkylation sites (tertiary alicyclic amines) is 1. The number of sulfonamides is 1. The van der Waals surface area contributed by atoms with E-state index in [2.05, 4.69) is 27.1 Å². The van der Waals surface area contributed by atoms with Gasteiger partial charge in [-0.3, -0.25) is 9.69 Å². The van der Waals surface area contributed by atoms with Crippen molar-refractivity contribution >= 4 is 15.9 Å². The molecule has 0 radical (unpaired) electrons. The van der Waals surface area contributed by atoms with Crippen LogP contribution < -0.4 is 10.0 Å². The average molecular weight is 416 g/mol. The summed E-state index contributed by atoms with van der Waals surface area (Å²) in [5.74, 6) is -0.280. The minimum absolute atomic E-state index is 0.0985. The van der Waals surface area contributed by atoms with E-state index in [1.54, 1.807) is 19.9 Å². The summed E-state index contributed by atoms with van der Waals surface area (Å²) in [6.45, 7) is 7.51. The Balaban J connectivity index is 1.63. The largest absolute Gasteiger partial charge is 0.348 e. The van der Waals surface area contributed by atoms with Gasteiger partial charge in [0.05, 0.1) is 4.90 Å². The van der Waals surface area contributed by atoms with Crippen molar-refractivity contribution in [3.8, 4) is 0 Å². The first-order valence-corrected chi connectivity index (χ1v) is 11.6. The number of carbonyl (C=O) groups excluding carboxylic acids is 1. The van der Waals surface area contributed by atoms with Gasteiger partial charge >= 0.3 is 0 Å². The fourth-order valence-electron chi connectivity index (χ4n) is 3.53. The van der Waals surface area contributed by atoms with Crippen LogP contribution in [-0.4, -0.2) is 38.9 Å². The molecule has 156 valence electrons. The number of hydrogen-bond donors (Lipinski definition) is 2. The van der Waals surface area contributed by atoms with Gasteiger partial charge in [0, 0.05) is 25.2 Å². The maximum atomic E-state index is 12.6. The van der Waals surface area contributed by atoms with E-state index in [0.29, 0.717) is 18.7 Å². The number of nitrogens with zero attached hydrogens (tertiary/aromatic N) is 1. The monoisotopic (exact) mass is 415 g/mol. The third kappa shape index (κ3) is 5.65. The molecule has 0 unspecified atom stereocenters. The third-order valence-electron chi connectivity index (χ3n) is 5.18. The number of carbonyl (C=O) groups is 1. The van der Waals surface area contributed by atoms with Crippen LogP contribution in [0, 0.1) is 6.92 Å². The first-order chi connectivity index (χ1) is 13.9. The highest BCUT2D eigenvalue weighted by Gasteiger charge is 2.17. The van der Waals surface area contributed by atoms with Crippen molar-refractivity contribution in [2.75, 3.05) is 19.6 Å². The molecule has 0 spiro atoms. The summed E-state index contributed by atoms with van der Waals surface area (Å²) in [7, 11) is -3.60. The van der Waals surface area contributed by atoms with E-state index in [1.165, 1.54) is 43.6 Å². The van der Waals surface area contributed by atoms with Gasteiger partial charge in [-0.2, -0.15) is 0 Å². The molecule has 1 fully saturated rings. The Bertz CT molecular complexity index is 950. The molecule has 0 atom stereocenters. The maximum Gasteiger partial charge on any atom is 0.251 e. The zero-order valence-corrected chi connectivity index (χ0v) is 17.9. The SMILES string of the molecule is CCNS(=O)(=O)c1ccc(C)c(C(=O)NCc2ccc(CN3CCCC3)cc2)c1. The van der Waals surface area contributed by atoms with Crippen molar-refractivity contribution in [2.45, 2.75) is 44.7 Å². The highest BCUT2D eigenvalue weighted by atomic mass is 32.2. The standard InChI is InChI=1S/C22H29N3O3S/c1-3-24-29(27,28)20-11-6-17(2)21(14-20)22(26)23-15-18-7-9-19(10-8-18)16-25-12-4-5-13-25/h6-11,14,24H,3-5,12-13,15-16H2,1-2H3,(H,23,26). The number of aryl methyl sites for hydroxylation is 1. The Morgan fingerprint density at radius 3 is 2.34 bits per heavy atom. The van der Waals surface area contributed by atoms with Gasteiger partial charge in [0.25, 0.3) is 5.91 Å². The van der Waals surface area contributed by atoms with Crippen molar-refractivity contribution in [3.63, 3.8) is 0 Å². The van der Waals surface area contributed by atoms with Gasteiger partial charge in [0.15, 0.2) is 0 Å². The van der Waals surface area contributed by atoms with Crippen LogP contribution in [0.4, 0.5) is 0 Å². The van der Waals surface area contributed by atoms with Crippen molar-refractivity contribution in [1.29, 1.82) is 0 Å². The van der Waals surface area contributed by atoms with Gasteiger partial charge in [-0.25, -0.2) is 13.1 Å². The van der Waals surface area contributed by atoms with Gasteiger partial charge in [-0.05, 0) is 61.7 Å². The van der Waals surface area contributed by atoms with Crippen LogP contribution in [0.2, 0.25) is 0 Å². The van der Waals surface area contributed by atoms with Crippen LogP contribution in [-0.2, 0) is 23.1 Å². The van der Waals surface area contributed by atoms with E-state index in [0.717, 1.165) is 17.7 Å². The van der Waals surface area contributed by atoms with Gasteiger partial charge in [0.1, 0.15) is 0 Å². The zero-order chi connectivity index (χ0) is 20.9. The minimum Gasteiger partial charge on any atom is -0.348 e. The maximum absolute atomic E-state index is 12.6. The van der Waals surface area contributed by atoms with Gasteiger partial charge in [0.2, 0.25) is 10.0 Å². The average Bonchev–Trinajstić information content (AvgIpc) is 3.20. The lowest BCUT2D eigenvalue weighted by molar-refractivity contribution is 0.0950. The summed E-state index contributed by atoms with van der Waals surface area (Å²) in [5.41, 5.74) is 3.39. The molecule has 7 heteroatoms. The van der Waals surface area contributed by atoms with Crippen molar-refractivity contribution < 1.29 is 13.2 Å². The lowest BCUT2D eigenvalue weighted by Gasteiger charge is -2.15. The summed E-state index contributed by atoms with van der Waals surface area (Å²) < 4.78 is 26.9. The molecule has 3 rings (SSSR count). The molecule has 1 aliphatic rings. The Morgan fingerprint density at radius 2 is 1.69 bits per heavy atom. The molecular formula is C22H29N3O3S. The second-order valence-electron chi connectivity index (χ2n) is 7.46. The van der Waals surface area contributed by atoms with Crippen molar-refractivity contribution in [3.05, 3.63) is 64.7 Å². The molecule has 6 nitrogen and oxygen atoms in total. The molecule has 0 bridgehead atoms. The minimum atomic E-state index is -3.60. The molecule has 1 aliphatic heterocycles. The van der Waals surface area contributed by atoms with Gasteiger partial charge in [-0.15, -0.1) is 0 Å². The Kier molecular flexibility index (Phi) is 7.05.